The Balaban J connectivity index is 2.02. The van der Waals surface area contributed by atoms with Gasteiger partial charge in [0.2, 0.25) is 0 Å². The van der Waals surface area contributed by atoms with Crippen molar-refractivity contribution in [2.75, 3.05) is 18.8 Å². The van der Waals surface area contributed by atoms with Gasteiger partial charge in [-0.3, -0.25) is 4.79 Å². The Morgan fingerprint density at radius 1 is 1.62 bits per heavy atom. The van der Waals surface area contributed by atoms with Gasteiger partial charge in [-0.1, -0.05) is 6.92 Å². The maximum atomic E-state index is 12.2. The molecule has 0 radical (unpaired) electrons. The molecule has 1 amide bonds. The van der Waals surface area contributed by atoms with Crippen molar-refractivity contribution in [1.29, 1.82) is 0 Å². The number of amides is 1. The molecule has 1 aromatic heterocycles. The molecule has 1 aliphatic rings. The van der Waals surface area contributed by atoms with E-state index in [2.05, 4.69) is 11.9 Å². The number of anilines is 1. The molecule has 16 heavy (non-hydrogen) atoms. The smallest absolute Gasteiger partial charge is 0.270 e. The molecule has 88 valence electrons. The zero-order valence-corrected chi connectivity index (χ0v) is 9.70. The lowest BCUT2D eigenvalue weighted by Crippen LogP contribution is -2.33. The third-order valence-electron chi connectivity index (χ3n) is 2.89. The highest BCUT2D eigenvalue weighted by Crippen LogP contribution is 2.30. The van der Waals surface area contributed by atoms with E-state index in [0.717, 1.165) is 25.4 Å². The quantitative estimate of drug-likeness (QED) is 0.797. The molecule has 1 fully saturated rings. The highest BCUT2D eigenvalue weighted by molar-refractivity contribution is 5.93. The van der Waals surface area contributed by atoms with Crippen molar-refractivity contribution in [3.05, 3.63) is 18.0 Å². The number of H-pyrrole nitrogens is 1. The number of rotatable bonds is 5. The van der Waals surface area contributed by atoms with Gasteiger partial charge >= 0.3 is 0 Å². The van der Waals surface area contributed by atoms with Crippen molar-refractivity contribution in [2.24, 2.45) is 5.92 Å². The average Bonchev–Trinajstić information content (AvgIpc) is 2.97. The van der Waals surface area contributed by atoms with E-state index in [1.165, 1.54) is 12.8 Å². The molecular weight excluding hydrogens is 202 g/mol. The van der Waals surface area contributed by atoms with Crippen LogP contribution in [0.3, 0.4) is 0 Å². The summed E-state index contributed by atoms with van der Waals surface area (Å²) in [6, 6.07) is 1.71. The minimum absolute atomic E-state index is 0.0745. The lowest BCUT2D eigenvalue weighted by Gasteiger charge is -2.21. The molecule has 0 spiro atoms. The van der Waals surface area contributed by atoms with Gasteiger partial charge in [-0.2, -0.15) is 0 Å². The molecule has 0 bridgehead atoms. The fourth-order valence-electron chi connectivity index (χ4n) is 1.86. The fourth-order valence-corrected chi connectivity index (χ4v) is 1.86. The molecular formula is C12H19N3O. The summed E-state index contributed by atoms with van der Waals surface area (Å²) in [5, 5.41) is 0. The maximum Gasteiger partial charge on any atom is 0.270 e. The second-order valence-electron chi connectivity index (χ2n) is 4.54. The Morgan fingerprint density at radius 2 is 2.38 bits per heavy atom. The van der Waals surface area contributed by atoms with Crippen LogP contribution in [0.15, 0.2) is 12.3 Å². The summed E-state index contributed by atoms with van der Waals surface area (Å²) < 4.78 is 0. The first-order valence-electron chi connectivity index (χ1n) is 5.94. The van der Waals surface area contributed by atoms with Crippen LogP contribution in [0, 0.1) is 5.92 Å². The summed E-state index contributed by atoms with van der Waals surface area (Å²) in [4.78, 5) is 17.0. The molecule has 4 nitrogen and oxygen atoms in total. The van der Waals surface area contributed by atoms with E-state index in [-0.39, 0.29) is 5.91 Å². The highest BCUT2D eigenvalue weighted by Gasteiger charge is 2.27. The largest absolute Gasteiger partial charge is 0.397 e. The summed E-state index contributed by atoms with van der Waals surface area (Å²) in [5.74, 6) is 0.799. The number of aromatic nitrogens is 1. The molecule has 1 saturated carbocycles. The van der Waals surface area contributed by atoms with Crippen LogP contribution in [0.1, 0.15) is 36.7 Å². The van der Waals surface area contributed by atoms with Gasteiger partial charge in [0, 0.05) is 25.0 Å². The molecule has 0 atom stereocenters. The number of carbonyl (C=O) groups is 1. The third kappa shape index (κ3) is 2.56. The Bertz CT molecular complexity index is 368. The number of nitrogens with zero attached hydrogens (tertiary/aromatic N) is 1. The number of nitrogens with one attached hydrogen (secondary N) is 1. The lowest BCUT2D eigenvalue weighted by atomic mass is 10.3. The minimum Gasteiger partial charge on any atom is -0.397 e. The molecule has 0 aliphatic heterocycles. The van der Waals surface area contributed by atoms with E-state index >= 15 is 0 Å². The Hall–Kier alpha value is -1.45. The van der Waals surface area contributed by atoms with Gasteiger partial charge in [0.05, 0.1) is 0 Å². The van der Waals surface area contributed by atoms with Crippen LogP contribution in [-0.4, -0.2) is 28.9 Å². The summed E-state index contributed by atoms with van der Waals surface area (Å²) >= 11 is 0. The zero-order chi connectivity index (χ0) is 11.5. The summed E-state index contributed by atoms with van der Waals surface area (Å²) in [5.41, 5.74) is 6.82. The van der Waals surface area contributed by atoms with Crippen molar-refractivity contribution in [1.82, 2.24) is 9.88 Å². The van der Waals surface area contributed by atoms with Crippen molar-refractivity contribution < 1.29 is 4.79 Å². The van der Waals surface area contributed by atoms with Gasteiger partial charge in [-0.05, 0) is 31.2 Å². The van der Waals surface area contributed by atoms with E-state index < -0.39 is 0 Å². The topological polar surface area (TPSA) is 62.1 Å². The fraction of sp³-hybridized carbons (Fsp3) is 0.583. The van der Waals surface area contributed by atoms with Crippen LogP contribution in [-0.2, 0) is 0 Å². The summed E-state index contributed by atoms with van der Waals surface area (Å²) in [6.45, 7) is 3.82. The first kappa shape index (κ1) is 11.0. The van der Waals surface area contributed by atoms with E-state index in [4.69, 9.17) is 5.73 Å². The van der Waals surface area contributed by atoms with Crippen LogP contribution < -0.4 is 5.73 Å². The van der Waals surface area contributed by atoms with Crippen molar-refractivity contribution >= 4 is 11.6 Å². The van der Waals surface area contributed by atoms with Crippen molar-refractivity contribution in [3.8, 4) is 0 Å². The maximum absolute atomic E-state index is 12.2. The second-order valence-corrected chi connectivity index (χ2v) is 4.54. The number of nitrogen functional groups attached to an aromatic ring is 1. The highest BCUT2D eigenvalue weighted by atomic mass is 16.2. The number of hydrogen-bond acceptors (Lipinski definition) is 2. The first-order chi connectivity index (χ1) is 7.70. The van der Waals surface area contributed by atoms with Gasteiger partial charge in [0.25, 0.3) is 5.91 Å². The molecule has 1 aromatic rings. The van der Waals surface area contributed by atoms with E-state index in [1.54, 1.807) is 12.3 Å². The number of nitrogens with two attached hydrogens (primary N) is 1. The molecule has 0 unspecified atom stereocenters. The molecule has 1 heterocycles. The van der Waals surface area contributed by atoms with Crippen LogP contribution in [0.2, 0.25) is 0 Å². The SMILES string of the molecule is CCCN(CC1CC1)C(=O)c1cc(N)c[nH]1. The number of hydrogen-bond donors (Lipinski definition) is 2. The predicted molar refractivity (Wildman–Crippen MR) is 64.1 cm³/mol. The molecule has 0 saturated heterocycles. The van der Waals surface area contributed by atoms with Gasteiger partial charge in [0.1, 0.15) is 5.69 Å². The van der Waals surface area contributed by atoms with Gasteiger partial charge in [-0.15, -0.1) is 0 Å². The average molecular weight is 221 g/mol. The third-order valence-corrected chi connectivity index (χ3v) is 2.89. The van der Waals surface area contributed by atoms with Gasteiger partial charge in [-0.25, -0.2) is 0 Å². The molecule has 3 N–H and O–H groups in total. The standard InChI is InChI=1S/C12H19N3O/c1-2-5-15(8-9-3-4-9)12(16)11-6-10(13)7-14-11/h6-7,9,14H,2-5,8,13H2,1H3. The Labute approximate surface area is 95.8 Å². The summed E-state index contributed by atoms with van der Waals surface area (Å²) in [6.07, 6.45) is 5.18. The van der Waals surface area contributed by atoms with Gasteiger partial charge in [0.15, 0.2) is 0 Å². The van der Waals surface area contributed by atoms with Crippen LogP contribution in [0.25, 0.3) is 0 Å². The molecule has 0 aromatic carbocycles. The first-order valence-corrected chi connectivity index (χ1v) is 5.94. The number of aromatic amines is 1. The molecule has 4 heteroatoms. The Morgan fingerprint density at radius 3 is 2.88 bits per heavy atom. The van der Waals surface area contributed by atoms with Gasteiger partial charge < -0.3 is 15.6 Å². The number of carbonyl (C=O) groups excluding carboxylic acids is 1. The second kappa shape index (κ2) is 4.60. The monoisotopic (exact) mass is 221 g/mol. The van der Waals surface area contributed by atoms with Crippen LogP contribution >= 0.6 is 0 Å². The predicted octanol–water partition coefficient (Wildman–Crippen LogP) is 1.86. The lowest BCUT2D eigenvalue weighted by molar-refractivity contribution is 0.0742. The van der Waals surface area contributed by atoms with E-state index in [1.807, 2.05) is 4.90 Å². The molecule has 2 rings (SSSR count). The van der Waals surface area contributed by atoms with Crippen molar-refractivity contribution in [3.63, 3.8) is 0 Å². The van der Waals surface area contributed by atoms with E-state index in [0.29, 0.717) is 11.4 Å². The minimum atomic E-state index is 0.0745. The molecule has 1 aliphatic carbocycles. The van der Waals surface area contributed by atoms with Crippen molar-refractivity contribution in [2.45, 2.75) is 26.2 Å². The zero-order valence-electron chi connectivity index (χ0n) is 9.70. The summed E-state index contributed by atoms with van der Waals surface area (Å²) in [7, 11) is 0. The van der Waals surface area contributed by atoms with Crippen LogP contribution in [0.4, 0.5) is 5.69 Å². The normalized spacial score (nSPS) is 15.1. The Kier molecular flexibility index (Phi) is 3.17. The van der Waals surface area contributed by atoms with Crippen LogP contribution in [0.5, 0.6) is 0 Å². The van der Waals surface area contributed by atoms with E-state index in [9.17, 15) is 4.79 Å².